The molecule has 0 atom stereocenters. The number of carboxylic acid groups (broad SMARTS) is 1. The molecule has 5 heteroatoms. The van der Waals surface area contributed by atoms with Gasteiger partial charge in [-0.1, -0.05) is 0 Å². The highest BCUT2D eigenvalue weighted by molar-refractivity contribution is 5.90. The number of carboxylic acids is 1. The third-order valence-electron chi connectivity index (χ3n) is 2.03. The van der Waals surface area contributed by atoms with E-state index in [1.807, 2.05) is 0 Å². The van der Waals surface area contributed by atoms with Crippen molar-refractivity contribution >= 4 is 5.97 Å². The summed E-state index contributed by atoms with van der Waals surface area (Å²) in [4.78, 5) is 10.7. The summed E-state index contributed by atoms with van der Waals surface area (Å²) in [6.45, 7) is 1.41. The number of aromatic carboxylic acids is 1. The largest absolute Gasteiger partial charge is 0.478 e. The van der Waals surface area contributed by atoms with Gasteiger partial charge in [0, 0.05) is 5.56 Å². The standard InChI is InChI=1S/C10H7F2NO2/c1-5-7(4-13)2-6(9(11)12)3-8(5)10(14)15/h2-3,9H,1H3,(H,14,15). The monoisotopic (exact) mass is 211 g/mol. The van der Waals surface area contributed by atoms with E-state index in [0.717, 1.165) is 12.1 Å². The van der Waals surface area contributed by atoms with Crippen LogP contribution < -0.4 is 0 Å². The number of alkyl halides is 2. The molecule has 1 rings (SSSR count). The smallest absolute Gasteiger partial charge is 0.336 e. The van der Waals surface area contributed by atoms with Gasteiger partial charge in [0.25, 0.3) is 6.43 Å². The molecular formula is C10H7F2NO2. The van der Waals surface area contributed by atoms with Gasteiger partial charge in [-0.15, -0.1) is 0 Å². The summed E-state index contributed by atoms with van der Waals surface area (Å²) in [5, 5.41) is 17.4. The SMILES string of the molecule is Cc1c(C#N)cc(C(F)F)cc1C(=O)O. The van der Waals surface area contributed by atoms with Crippen molar-refractivity contribution in [3.8, 4) is 6.07 Å². The molecule has 0 fully saturated rings. The number of hydrogen-bond acceptors (Lipinski definition) is 2. The lowest BCUT2D eigenvalue weighted by Gasteiger charge is -2.06. The molecule has 1 aromatic carbocycles. The van der Waals surface area contributed by atoms with E-state index in [2.05, 4.69) is 0 Å². The maximum absolute atomic E-state index is 12.4. The Morgan fingerprint density at radius 2 is 2.13 bits per heavy atom. The van der Waals surface area contributed by atoms with Gasteiger partial charge in [0.2, 0.25) is 0 Å². The molecule has 78 valence electrons. The molecule has 1 N–H and O–H groups in total. The zero-order chi connectivity index (χ0) is 11.6. The van der Waals surface area contributed by atoms with Crippen molar-refractivity contribution in [2.24, 2.45) is 0 Å². The Balaban J connectivity index is 3.47. The van der Waals surface area contributed by atoms with Crippen LogP contribution in [0, 0.1) is 18.3 Å². The highest BCUT2D eigenvalue weighted by atomic mass is 19.3. The van der Waals surface area contributed by atoms with Crippen molar-refractivity contribution in [2.75, 3.05) is 0 Å². The number of rotatable bonds is 2. The van der Waals surface area contributed by atoms with E-state index >= 15 is 0 Å². The Morgan fingerprint density at radius 1 is 1.53 bits per heavy atom. The van der Waals surface area contributed by atoms with Crippen molar-refractivity contribution in [2.45, 2.75) is 13.3 Å². The summed E-state index contributed by atoms with van der Waals surface area (Å²) in [7, 11) is 0. The Kier molecular flexibility index (Phi) is 3.00. The van der Waals surface area contributed by atoms with Crippen molar-refractivity contribution in [1.29, 1.82) is 5.26 Å². The molecule has 15 heavy (non-hydrogen) atoms. The second-order valence-corrected chi connectivity index (χ2v) is 2.96. The summed E-state index contributed by atoms with van der Waals surface area (Å²) in [6.07, 6.45) is -2.78. The number of carbonyl (C=O) groups is 1. The molecule has 0 amide bonds. The topological polar surface area (TPSA) is 61.1 Å². The van der Waals surface area contributed by atoms with Crippen LogP contribution >= 0.6 is 0 Å². The second-order valence-electron chi connectivity index (χ2n) is 2.96. The van der Waals surface area contributed by atoms with Gasteiger partial charge in [0.1, 0.15) is 0 Å². The van der Waals surface area contributed by atoms with Crippen LogP contribution in [0.2, 0.25) is 0 Å². The minimum absolute atomic E-state index is 0.0369. The van der Waals surface area contributed by atoms with Crippen LogP contribution in [-0.2, 0) is 0 Å². The first-order valence-electron chi connectivity index (χ1n) is 4.03. The highest BCUT2D eigenvalue weighted by Crippen LogP contribution is 2.24. The Morgan fingerprint density at radius 3 is 2.53 bits per heavy atom. The third-order valence-corrected chi connectivity index (χ3v) is 2.03. The summed E-state index contributed by atoms with van der Waals surface area (Å²) >= 11 is 0. The van der Waals surface area contributed by atoms with E-state index in [9.17, 15) is 13.6 Å². The van der Waals surface area contributed by atoms with Crippen LogP contribution in [0.25, 0.3) is 0 Å². The van der Waals surface area contributed by atoms with E-state index < -0.39 is 18.0 Å². The van der Waals surface area contributed by atoms with Gasteiger partial charge >= 0.3 is 5.97 Å². The normalized spacial score (nSPS) is 10.1. The molecule has 0 unspecified atom stereocenters. The number of benzene rings is 1. The van der Waals surface area contributed by atoms with Crippen LogP contribution in [0.3, 0.4) is 0 Å². The van der Waals surface area contributed by atoms with Crippen LogP contribution in [-0.4, -0.2) is 11.1 Å². The van der Waals surface area contributed by atoms with Gasteiger partial charge in [-0.3, -0.25) is 0 Å². The quantitative estimate of drug-likeness (QED) is 0.817. The fourth-order valence-electron chi connectivity index (χ4n) is 1.20. The van der Waals surface area contributed by atoms with Crippen molar-refractivity contribution in [3.63, 3.8) is 0 Å². The minimum Gasteiger partial charge on any atom is -0.478 e. The van der Waals surface area contributed by atoms with Gasteiger partial charge in [-0.2, -0.15) is 5.26 Å². The zero-order valence-corrected chi connectivity index (χ0v) is 7.79. The first-order valence-corrected chi connectivity index (χ1v) is 4.03. The summed E-state index contributed by atoms with van der Waals surface area (Å²) in [5.74, 6) is -1.31. The number of halogens is 2. The van der Waals surface area contributed by atoms with Crippen LogP contribution in [0.5, 0.6) is 0 Å². The Labute approximate surface area is 84.6 Å². The molecule has 0 spiro atoms. The predicted molar refractivity (Wildman–Crippen MR) is 47.8 cm³/mol. The summed E-state index contributed by atoms with van der Waals surface area (Å²) in [6, 6.07) is 3.59. The van der Waals surface area contributed by atoms with Crippen LogP contribution in [0.15, 0.2) is 12.1 Å². The Bertz CT molecular complexity index is 449. The molecule has 0 aromatic heterocycles. The van der Waals surface area contributed by atoms with E-state index in [1.165, 1.54) is 6.92 Å². The molecule has 0 saturated carbocycles. The molecular weight excluding hydrogens is 204 g/mol. The number of hydrogen-bond donors (Lipinski definition) is 1. The molecule has 0 saturated heterocycles. The highest BCUT2D eigenvalue weighted by Gasteiger charge is 2.16. The molecule has 0 bridgehead atoms. The van der Waals surface area contributed by atoms with Crippen LogP contribution in [0.1, 0.15) is 33.5 Å². The average molecular weight is 211 g/mol. The van der Waals surface area contributed by atoms with E-state index in [-0.39, 0.29) is 16.7 Å². The molecule has 1 aromatic rings. The van der Waals surface area contributed by atoms with Gasteiger partial charge in [0.15, 0.2) is 0 Å². The molecule has 0 radical (unpaired) electrons. The fourth-order valence-corrected chi connectivity index (χ4v) is 1.20. The van der Waals surface area contributed by atoms with Gasteiger partial charge in [-0.25, -0.2) is 13.6 Å². The lowest BCUT2D eigenvalue weighted by molar-refractivity contribution is 0.0695. The second kappa shape index (κ2) is 4.05. The molecule has 0 heterocycles. The lowest BCUT2D eigenvalue weighted by Crippen LogP contribution is -2.03. The molecule has 0 aliphatic rings. The van der Waals surface area contributed by atoms with Crippen molar-refractivity contribution in [1.82, 2.24) is 0 Å². The van der Waals surface area contributed by atoms with Crippen molar-refractivity contribution in [3.05, 3.63) is 34.4 Å². The van der Waals surface area contributed by atoms with Crippen molar-refractivity contribution < 1.29 is 18.7 Å². The fraction of sp³-hybridized carbons (Fsp3) is 0.200. The first kappa shape index (κ1) is 11.1. The van der Waals surface area contributed by atoms with E-state index in [1.54, 1.807) is 6.07 Å². The molecule has 0 aliphatic carbocycles. The Hall–Kier alpha value is -1.96. The predicted octanol–water partition coefficient (Wildman–Crippen LogP) is 2.50. The third kappa shape index (κ3) is 2.10. The average Bonchev–Trinajstić information content (AvgIpc) is 2.17. The first-order chi connectivity index (χ1) is 6.97. The van der Waals surface area contributed by atoms with E-state index in [0.29, 0.717) is 0 Å². The zero-order valence-electron chi connectivity index (χ0n) is 7.79. The molecule has 0 aliphatic heterocycles. The number of nitriles is 1. The number of nitrogens with zero attached hydrogens (tertiary/aromatic N) is 1. The maximum Gasteiger partial charge on any atom is 0.336 e. The lowest BCUT2D eigenvalue weighted by atomic mass is 9.99. The van der Waals surface area contributed by atoms with Gasteiger partial charge in [-0.05, 0) is 24.6 Å². The minimum atomic E-state index is -2.78. The maximum atomic E-state index is 12.4. The summed E-state index contributed by atoms with van der Waals surface area (Å²) < 4.78 is 24.7. The molecule has 3 nitrogen and oxygen atoms in total. The van der Waals surface area contributed by atoms with E-state index in [4.69, 9.17) is 10.4 Å². The summed E-state index contributed by atoms with van der Waals surface area (Å²) in [5.41, 5.74) is -0.543. The van der Waals surface area contributed by atoms with Crippen LogP contribution in [0.4, 0.5) is 8.78 Å². The van der Waals surface area contributed by atoms with Gasteiger partial charge in [0.05, 0.1) is 17.2 Å². The van der Waals surface area contributed by atoms with Gasteiger partial charge < -0.3 is 5.11 Å².